The molecule has 2 aliphatic rings. The Morgan fingerprint density at radius 3 is 1.85 bits per heavy atom. The molecule has 0 spiro atoms. The van der Waals surface area contributed by atoms with Gasteiger partial charge < -0.3 is 9.90 Å². The fourth-order valence-electron chi connectivity index (χ4n) is 4.39. The molecule has 1 amide bonds. The van der Waals surface area contributed by atoms with Gasteiger partial charge in [-0.3, -0.25) is 9.69 Å². The quantitative estimate of drug-likeness (QED) is 0.838. The average Bonchev–Trinajstić information content (AvgIpc) is 2.84. The monoisotopic (exact) mass is 348 g/mol. The number of anilines is 2. The molecule has 2 atom stereocenters. The lowest BCUT2D eigenvalue weighted by Crippen LogP contribution is -2.45. The fourth-order valence-corrected chi connectivity index (χ4v) is 4.39. The van der Waals surface area contributed by atoms with Crippen LogP contribution >= 0.6 is 0 Å². The van der Waals surface area contributed by atoms with Gasteiger partial charge in [0.2, 0.25) is 5.91 Å². The molecule has 1 heterocycles. The summed E-state index contributed by atoms with van der Waals surface area (Å²) in [5.74, 6) is -2.42. The fraction of sp³-hybridized carbons (Fsp3) is 0.364. The number of carboxylic acids is 1. The van der Waals surface area contributed by atoms with Crippen LogP contribution in [0.1, 0.15) is 36.8 Å². The summed E-state index contributed by atoms with van der Waals surface area (Å²) in [5, 5.41) is 11.6. The van der Waals surface area contributed by atoms with Crippen molar-refractivity contribution in [3.05, 3.63) is 59.7 Å². The Morgan fingerprint density at radius 1 is 0.808 bits per heavy atom. The zero-order valence-electron chi connectivity index (χ0n) is 14.7. The van der Waals surface area contributed by atoms with E-state index in [1.54, 1.807) is 4.90 Å². The molecule has 1 fully saturated rings. The number of para-hydroxylation sites is 2. The van der Waals surface area contributed by atoms with Gasteiger partial charge in [0.05, 0.1) is 11.4 Å². The Balaban J connectivity index is 1.81. The highest BCUT2D eigenvalue weighted by Crippen LogP contribution is 2.40. The minimum absolute atomic E-state index is 0.110. The summed E-state index contributed by atoms with van der Waals surface area (Å²) in [5.41, 5.74) is 4.01. The molecule has 0 radical (unpaired) electrons. The predicted molar refractivity (Wildman–Crippen MR) is 97.9 cm³/mol. The third-order valence-corrected chi connectivity index (χ3v) is 5.74. The Hall–Kier alpha value is -2.62. The molecule has 0 bridgehead atoms. The highest BCUT2D eigenvalue weighted by Gasteiger charge is 2.37. The summed E-state index contributed by atoms with van der Waals surface area (Å²) in [6.07, 6.45) is 4.60. The van der Waals surface area contributed by atoms with Gasteiger partial charge in [-0.2, -0.15) is 0 Å². The third kappa shape index (κ3) is 2.90. The maximum Gasteiger partial charge on any atom is 0.235 e. The molecule has 26 heavy (non-hydrogen) atoms. The van der Waals surface area contributed by atoms with Crippen LogP contribution in [0.2, 0.25) is 0 Å². The normalized spacial score (nSPS) is 22.1. The summed E-state index contributed by atoms with van der Waals surface area (Å²) in [6.45, 7) is 0. The number of aryl methyl sites for hydroxylation is 2. The van der Waals surface area contributed by atoms with Crippen molar-refractivity contribution >= 4 is 23.3 Å². The number of carboxylic acid groups (broad SMARTS) is 1. The van der Waals surface area contributed by atoms with Crippen LogP contribution in [0.15, 0.2) is 48.5 Å². The van der Waals surface area contributed by atoms with Crippen molar-refractivity contribution in [2.45, 2.75) is 38.5 Å². The van der Waals surface area contributed by atoms with E-state index in [-0.39, 0.29) is 5.91 Å². The lowest BCUT2D eigenvalue weighted by molar-refractivity contribution is -0.313. The van der Waals surface area contributed by atoms with Crippen LogP contribution in [0.3, 0.4) is 0 Å². The largest absolute Gasteiger partial charge is 0.550 e. The molecule has 1 saturated carbocycles. The Kier molecular flexibility index (Phi) is 4.49. The number of carbonyl (C=O) groups is 2. The first-order valence-electron chi connectivity index (χ1n) is 9.37. The molecule has 0 unspecified atom stereocenters. The summed E-state index contributed by atoms with van der Waals surface area (Å²) in [4.78, 5) is 27.0. The van der Waals surface area contributed by atoms with Gasteiger partial charge in [0.1, 0.15) is 0 Å². The summed E-state index contributed by atoms with van der Waals surface area (Å²) >= 11 is 0. The zero-order chi connectivity index (χ0) is 18.1. The minimum Gasteiger partial charge on any atom is -0.550 e. The van der Waals surface area contributed by atoms with Crippen molar-refractivity contribution in [3.8, 4) is 0 Å². The molecule has 1 aliphatic carbocycles. The molecular weight excluding hydrogens is 326 g/mol. The van der Waals surface area contributed by atoms with Crippen LogP contribution in [0.25, 0.3) is 0 Å². The first-order chi connectivity index (χ1) is 12.7. The number of aliphatic carboxylic acids is 1. The van der Waals surface area contributed by atoms with Gasteiger partial charge in [-0.25, -0.2) is 0 Å². The molecule has 4 nitrogen and oxygen atoms in total. The van der Waals surface area contributed by atoms with Crippen molar-refractivity contribution in [3.63, 3.8) is 0 Å². The second kappa shape index (κ2) is 6.94. The number of carbonyl (C=O) groups excluding carboxylic acids is 2. The van der Waals surface area contributed by atoms with Crippen molar-refractivity contribution in [2.24, 2.45) is 11.8 Å². The average molecular weight is 348 g/mol. The van der Waals surface area contributed by atoms with E-state index in [1.807, 2.05) is 36.4 Å². The molecule has 4 heteroatoms. The van der Waals surface area contributed by atoms with Gasteiger partial charge in [-0.05, 0) is 48.9 Å². The van der Waals surface area contributed by atoms with Crippen LogP contribution in [-0.4, -0.2) is 11.9 Å². The number of amides is 1. The second-order valence-corrected chi connectivity index (χ2v) is 7.25. The number of rotatable bonds is 2. The van der Waals surface area contributed by atoms with Crippen LogP contribution in [0, 0.1) is 11.8 Å². The van der Waals surface area contributed by atoms with Crippen molar-refractivity contribution in [2.75, 3.05) is 4.90 Å². The second-order valence-electron chi connectivity index (χ2n) is 7.25. The van der Waals surface area contributed by atoms with Crippen LogP contribution in [0.5, 0.6) is 0 Å². The van der Waals surface area contributed by atoms with Gasteiger partial charge >= 0.3 is 0 Å². The first-order valence-corrected chi connectivity index (χ1v) is 9.37. The smallest absolute Gasteiger partial charge is 0.235 e. The van der Waals surface area contributed by atoms with E-state index in [0.717, 1.165) is 48.2 Å². The van der Waals surface area contributed by atoms with E-state index < -0.39 is 17.8 Å². The number of nitrogens with zero attached hydrogens (tertiary/aromatic N) is 1. The minimum atomic E-state index is -1.10. The van der Waals surface area contributed by atoms with E-state index in [9.17, 15) is 14.7 Å². The predicted octanol–water partition coefficient (Wildman–Crippen LogP) is 3.01. The molecule has 2 aromatic rings. The van der Waals surface area contributed by atoms with E-state index in [2.05, 4.69) is 12.1 Å². The molecule has 0 aromatic heterocycles. The molecule has 0 saturated heterocycles. The summed E-state index contributed by atoms with van der Waals surface area (Å²) in [6, 6.07) is 15.9. The first kappa shape index (κ1) is 16.8. The SMILES string of the molecule is O=C([O-])[C@H]1CCCC[C@H]1C(=O)N1c2ccccc2CCc2ccccc21. The topological polar surface area (TPSA) is 60.4 Å². The van der Waals surface area contributed by atoms with E-state index in [0.29, 0.717) is 12.8 Å². The summed E-state index contributed by atoms with van der Waals surface area (Å²) in [7, 11) is 0. The molecular formula is C22H22NO3-. The van der Waals surface area contributed by atoms with Gasteiger partial charge in [0, 0.05) is 17.8 Å². The van der Waals surface area contributed by atoms with Crippen LogP contribution < -0.4 is 10.0 Å². The van der Waals surface area contributed by atoms with Crippen molar-refractivity contribution in [1.82, 2.24) is 0 Å². The standard InChI is InChI=1S/C22H23NO3/c24-21(17-9-3-4-10-18(17)22(25)26)23-19-11-5-1-7-15(19)13-14-16-8-2-6-12-20(16)23/h1-2,5-8,11-12,17-18H,3-4,9-10,13-14H2,(H,25,26)/p-1/t17-,18+/m1/s1. The molecule has 4 rings (SSSR count). The molecule has 134 valence electrons. The van der Waals surface area contributed by atoms with Gasteiger partial charge in [-0.15, -0.1) is 0 Å². The molecule has 0 N–H and O–H groups in total. The molecule has 2 aromatic carbocycles. The molecule has 1 aliphatic heterocycles. The van der Waals surface area contributed by atoms with Crippen LogP contribution in [0.4, 0.5) is 11.4 Å². The van der Waals surface area contributed by atoms with E-state index in [4.69, 9.17) is 0 Å². The highest BCUT2D eigenvalue weighted by atomic mass is 16.4. The Morgan fingerprint density at radius 2 is 1.31 bits per heavy atom. The van der Waals surface area contributed by atoms with Gasteiger partial charge in [0.25, 0.3) is 0 Å². The van der Waals surface area contributed by atoms with Crippen molar-refractivity contribution in [1.29, 1.82) is 0 Å². The third-order valence-electron chi connectivity index (χ3n) is 5.74. The van der Waals surface area contributed by atoms with E-state index >= 15 is 0 Å². The van der Waals surface area contributed by atoms with Gasteiger partial charge in [0.15, 0.2) is 0 Å². The highest BCUT2D eigenvalue weighted by molar-refractivity contribution is 6.04. The van der Waals surface area contributed by atoms with Crippen molar-refractivity contribution < 1.29 is 14.7 Å². The maximum absolute atomic E-state index is 13.6. The number of fused-ring (bicyclic) bond motifs is 2. The van der Waals surface area contributed by atoms with E-state index in [1.165, 1.54) is 0 Å². The maximum atomic E-state index is 13.6. The number of benzene rings is 2. The lowest BCUT2D eigenvalue weighted by Gasteiger charge is -2.35. The zero-order valence-corrected chi connectivity index (χ0v) is 14.7. The Labute approximate surface area is 153 Å². The summed E-state index contributed by atoms with van der Waals surface area (Å²) < 4.78 is 0. The number of hydrogen-bond acceptors (Lipinski definition) is 3. The van der Waals surface area contributed by atoms with Crippen LogP contribution in [-0.2, 0) is 22.4 Å². The lowest BCUT2D eigenvalue weighted by atomic mass is 9.78. The number of hydrogen-bond donors (Lipinski definition) is 0. The van der Waals surface area contributed by atoms with Gasteiger partial charge in [-0.1, -0.05) is 49.2 Å². The Bertz CT molecular complexity index is 797.